The standard InChI is InChI=1S/C11H19NO8/c1-4(10(16)17)19-8-7(15)6(3-13)20-11(18,5(2)14)9(8)12/h4,6-9,13,15,18H,3,12H2,1-2H3,(H,16,17)/t4?,6-,7-,8+,9-,11?/m1/s1. The van der Waals surface area contributed by atoms with Crippen molar-refractivity contribution >= 4 is 11.8 Å². The summed E-state index contributed by atoms with van der Waals surface area (Å²) in [6, 6.07) is -1.50. The van der Waals surface area contributed by atoms with E-state index in [1.807, 2.05) is 0 Å². The molecule has 2 unspecified atom stereocenters. The van der Waals surface area contributed by atoms with E-state index in [9.17, 15) is 19.8 Å². The second-order valence-electron chi connectivity index (χ2n) is 4.69. The second-order valence-corrected chi connectivity index (χ2v) is 4.69. The second kappa shape index (κ2) is 6.12. The Balaban J connectivity index is 3.05. The summed E-state index contributed by atoms with van der Waals surface area (Å²) in [7, 11) is 0. The van der Waals surface area contributed by atoms with Gasteiger partial charge in [-0.05, 0) is 6.92 Å². The monoisotopic (exact) mass is 293 g/mol. The predicted octanol–water partition coefficient (Wildman–Crippen LogP) is -2.80. The molecule has 0 radical (unpaired) electrons. The van der Waals surface area contributed by atoms with E-state index in [4.69, 9.17) is 25.4 Å². The number of carbonyl (C=O) groups is 2. The van der Waals surface area contributed by atoms with Crippen LogP contribution in [0.25, 0.3) is 0 Å². The molecule has 0 spiro atoms. The van der Waals surface area contributed by atoms with Gasteiger partial charge in [0.15, 0.2) is 11.9 Å². The zero-order valence-corrected chi connectivity index (χ0v) is 11.1. The van der Waals surface area contributed by atoms with Crippen LogP contribution in [0.5, 0.6) is 0 Å². The largest absolute Gasteiger partial charge is 0.479 e. The Labute approximate surface area is 114 Å². The summed E-state index contributed by atoms with van der Waals surface area (Å²) in [4.78, 5) is 22.2. The maximum Gasteiger partial charge on any atom is 0.332 e. The zero-order chi connectivity index (χ0) is 15.7. The van der Waals surface area contributed by atoms with E-state index in [2.05, 4.69) is 0 Å². The third-order valence-electron chi connectivity index (χ3n) is 3.25. The average Bonchev–Trinajstić information content (AvgIpc) is 2.38. The van der Waals surface area contributed by atoms with Crippen LogP contribution >= 0.6 is 0 Å². The lowest BCUT2D eigenvalue weighted by Gasteiger charge is -2.46. The van der Waals surface area contributed by atoms with Crippen molar-refractivity contribution < 1.29 is 39.5 Å². The van der Waals surface area contributed by atoms with Gasteiger partial charge < -0.3 is 35.6 Å². The number of ether oxygens (including phenoxy) is 2. The molecule has 0 aromatic carbocycles. The highest BCUT2D eigenvalue weighted by molar-refractivity contribution is 5.84. The van der Waals surface area contributed by atoms with Crippen molar-refractivity contribution in [2.24, 2.45) is 5.73 Å². The maximum absolute atomic E-state index is 11.5. The lowest BCUT2D eigenvalue weighted by atomic mass is 9.88. The van der Waals surface area contributed by atoms with Gasteiger partial charge >= 0.3 is 5.97 Å². The van der Waals surface area contributed by atoms with E-state index in [0.717, 1.165) is 6.92 Å². The molecule has 0 bridgehead atoms. The van der Waals surface area contributed by atoms with Crippen LogP contribution in [0, 0.1) is 0 Å². The van der Waals surface area contributed by atoms with Crippen molar-refractivity contribution in [2.75, 3.05) is 6.61 Å². The maximum atomic E-state index is 11.5. The molecule has 6 atom stereocenters. The molecule has 0 amide bonds. The molecule has 20 heavy (non-hydrogen) atoms. The number of ketones is 1. The van der Waals surface area contributed by atoms with Crippen molar-refractivity contribution in [3.63, 3.8) is 0 Å². The van der Waals surface area contributed by atoms with Crippen molar-refractivity contribution in [1.29, 1.82) is 0 Å². The lowest BCUT2D eigenvalue weighted by molar-refractivity contribution is -0.305. The zero-order valence-electron chi connectivity index (χ0n) is 11.1. The van der Waals surface area contributed by atoms with Crippen LogP contribution in [-0.4, -0.2) is 75.0 Å². The van der Waals surface area contributed by atoms with Crippen LogP contribution in [0.2, 0.25) is 0 Å². The fraction of sp³-hybridized carbons (Fsp3) is 0.818. The Morgan fingerprint density at radius 2 is 2.05 bits per heavy atom. The van der Waals surface area contributed by atoms with Crippen LogP contribution in [0.1, 0.15) is 13.8 Å². The van der Waals surface area contributed by atoms with Crippen molar-refractivity contribution in [3.8, 4) is 0 Å². The van der Waals surface area contributed by atoms with Gasteiger partial charge in [0.05, 0.1) is 12.6 Å². The normalized spacial score (nSPS) is 39.3. The van der Waals surface area contributed by atoms with Gasteiger partial charge in [-0.1, -0.05) is 0 Å². The van der Waals surface area contributed by atoms with E-state index in [-0.39, 0.29) is 0 Å². The summed E-state index contributed by atoms with van der Waals surface area (Å²) in [5.41, 5.74) is 5.66. The first-order chi connectivity index (χ1) is 9.15. The van der Waals surface area contributed by atoms with E-state index in [0.29, 0.717) is 0 Å². The SMILES string of the molecule is CC(=O)C1(O)O[C@H](CO)[C@@H](O)[C@H](OC(C)C(=O)O)[C@H]1N. The van der Waals surface area contributed by atoms with Crippen LogP contribution in [0.15, 0.2) is 0 Å². The number of rotatable bonds is 5. The molecule has 1 saturated heterocycles. The van der Waals surface area contributed by atoms with E-state index < -0.39 is 54.6 Å². The quantitative estimate of drug-likeness (QED) is 0.360. The molecule has 9 nitrogen and oxygen atoms in total. The fourth-order valence-corrected chi connectivity index (χ4v) is 1.95. The number of carboxylic acids is 1. The predicted molar refractivity (Wildman–Crippen MR) is 63.5 cm³/mol. The Kier molecular flexibility index (Phi) is 5.19. The van der Waals surface area contributed by atoms with Crippen LogP contribution < -0.4 is 5.73 Å². The van der Waals surface area contributed by atoms with Gasteiger partial charge in [-0.2, -0.15) is 0 Å². The van der Waals surface area contributed by atoms with E-state index in [1.54, 1.807) is 0 Å². The van der Waals surface area contributed by atoms with E-state index in [1.165, 1.54) is 6.92 Å². The molecule has 1 aliphatic rings. The number of hydrogen-bond donors (Lipinski definition) is 5. The Morgan fingerprint density at radius 3 is 2.45 bits per heavy atom. The van der Waals surface area contributed by atoms with Crippen LogP contribution in [-0.2, 0) is 19.1 Å². The molecule has 1 heterocycles. The number of aliphatic hydroxyl groups excluding tert-OH is 2. The van der Waals surface area contributed by atoms with Gasteiger partial charge in [0, 0.05) is 6.92 Å². The molecule has 1 aliphatic heterocycles. The number of aliphatic carboxylic acids is 1. The molecule has 9 heteroatoms. The van der Waals surface area contributed by atoms with Gasteiger partial charge in [0.2, 0.25) is 5.79 Å². The smallest absolute Gasteiger partial charge is 0.332 e. The van der Waals surface area contributed by atoms with Crippen molar-refractivity contribution in [3.05, 3.63) is 0 Å². The third kappa shape index (κ3) is 2.97. The molecule has 1 rings (SSSR count). The molecule has 0 saturated carbocycles. The fourth-order valence-electron chi connectivity index (χ4n) is 1.95. The number of hydrogen-bond acceptors (Lipinski definition) is 8. The summed E-state index contributed by atoms with van der Waals surface area (Å²) in [6.07, 6.45) is -5.53. The molecule has 1 fully saturated rings. The van der Waals surface area contributed by atoms with Gasteiger partial charge in [-0.15, -0.1) is 0 Å². The molecule has 0 aromatic rings. The number of nitrogens with two attached hydrogens (primary N) is 1. The summed E-state index contributed by atoms with van der Waals surface area (Å²) in [6.45, 7) is 1.52. The number of carboxylic acid groups (broad SMARTS) is 1. The first-order valence-corrected chi connectivity index (χ1v) is 5.99. The van der Waals surface area contributed by atoms with Crippen molar-refractivity contribution in [2.45, 2.75) is 50.1 Å². The first-order valence-electron chi connectivity index (χ1n) is 5.99. The molecule has 116 valence electrons. The molecular weight excluding hydrogens is 274 g/mol. The molecule has 0 aromatic heterocycles. The minimum absolute atomic E-state index is 0.704. The van der Waals surface area contributed by atoms with Gasteiger partial charge in [-0.3, -0.25) is 4.79 Å². The Bertz CT molecular complexity index is 389. The minimum Gasteiger partial charge on any atom is -0.479 e. The molecular formula is C11H19NO8. The van der Waals surface area contributed by atoms with Gasteiger partial charge in [0.1, 0.15) is 18.3 Å². The van der Waals surface area contributed by atoms with E-state index >= 15 is 0 Å². The average molecular weight is 293 g/mol. The lowest BCUT2D eigenvalue weighted by Crippen LogP contribution is -2.71. The summed E-state index contributed by atoms with van der Waals surface area (Å²) >= 11 is 0. The highest BCUT2D eigenvalue weighted by Crippen LogP contribution is 2.30. The number of aliphatic hydroxyl groups is 3. The van der Waals surface area contributed by atoms with Gasteiger partial charge in [0.25, 0.3) is 0 Å². The van der Waals surface area contributed by atoms with Crippen LogP contribution in [0.3, 0.4) is 0 Å². The highest BCUT2D eigenvalue weighted by atomic mass is 16.7. The highest BCUT2D eigenvalue weighted by Gasteiger charge is 2.55. The summed E-state index contributed by atoms with van der Waals surface area (Å²) in [5.74, 6) is -4.61. The minimum atomic E-state index is -2.46. The molecule has 6 N–H and O–H groups in total. The topological polar surface area (TPSA) is 160 Å². The third-order valence-corrected chi connectivity index (χ3v) is 3.25. The van der Waals surface area contributed by atoms with Crippen LogP contribution in [0.4, 0.5) is 0 Å². The number of carbonyl (C=O) groups excluding carboxylic acids is 1. The van der Waals surface area contributed by atoms with Crippen molar-refractivity contribution in [1.82, 2.24) is 0 Å². The first kappa shape index (κ1) is 17.0. The Hall–Kier alpha value is -1.10. The summed E-state index contributed by atoms with van der Waals surface area (Å²) in [5, 5.41) is 37.9. The Morgan fingerprint density at radius 1 is 1.50 bits per heavy atom. The van der Waals surface area contributed by atoms with Gasteiger partial charge in [-0.25, -0.2) is 4.79 Å². The summed E-state index contributed by atoms with van der Waals surface area (Å²) < 4.78 is 10.0. The number of Topliss-reactive ketones (excluding diaryl/α,β-unsaturated/α-hetero) is 1. The molecule has 0 aliphatic carbocycles.